The maximum absolute atomic E-state index is 11.7. The molecule has 2 rings (SSSR count). The van der Waals surface area contributed by atoms with Gasteiger partial charge in [0.2, 0.25) is 0 Å². The number of hydrogen-bond acceptors (Lipinski definition) is 3. The number of halogens is 2. The zero-order chi connectivity index (χ0) is 15.2. The molecule has 0 aliphatic rings. The summed E-state index contributed by atoms with van der Waals surface area (Å²) in [5.41, 5.74) is 1.48. The highest BCUT2D eigenvalue weighted by Crippen LogP contribution is 2.12. The van der Waals surface area contributed by atoms with Crippen LogP contribution in [0.2, 0.25) is 10.0 Å². The summed E-state index contributed by atoms with van der Waals surface area (Å²) in [7, 11) is 0. The third kappa shape index (κ3) is 5.21. The molecule has 0 saturated heterocycles. The lowest BCUT2D eigenvalue weighted by molar-refractivity contribution is -0.158. The van der Waals surface area contributed by atoms with Crippen LogP contribution in [0.5, 0.6) is 0 Å². The molecule has 0 aromatic heterocycles. The molecule has 0 unspecified atom stereocenters. The Bertz CT molecular complexity index is 576. The molecule has 2 aromatic rings. The van der Waals surface area contributed by atoms with Crippen molar-refractivity contribution in [3.63, 3.8) is 0 Å². The van der Waals surface area contributed by atoms with E-state index in [0.29, 0.717) is 10.0 Å². The molecule has 21 heavy (non-hydrogen) atoms. The Morgan fingerprint density at radius 2 is 1.05 bits per heavy atom. The number of rotatable bonds is 4. The van der Waals surface area contributed by atoms with Gasteiger partial charge in [0, 0.05) is 10.0 Å². The third-order valence-corrected chi connectivity index (χ3v) is 3.26. The van der Waals surface area contributed by atoms with E-state index in [9.17, 15) is 9.59 Å². The van der Waals surface area contributed by atoms with Crippen LogP contribution in [0.25, 0.3) is 0 Å². The van der Waals surface area contributed by atoms with Gasteiger partial charge in [-0.05, 0) is 35.4 Å². The Morgan fingerprint density at radius 3 is 1.38 bits per heavy atom. The van der Waals surface area contributed by atoms with Crippen molar-refractivity contribution in [3.8, 4) is 0 Å². The smallest absolute Gasteiger partial charge is 0.317 e. The van der Waals surface area contributed by atoms with Gasteiger partial charge < -0.3 is 4.74 Å². The summed E-state index contributed by atoms with van der Waals surface area (Å²) in [5.74, 6) is -1.17. The molecule has 0 aliphatic carbocycles. The molecule has 5 heteroatoms. The number of hydrogen-bond donors (Lipinski definition) is 0. The zero-order valence-electron chi connectivity index (χ0n) is 11.0. The van der Waals surface area contributed by atoms with E-state index in [0.717, 1.165) is 11.1 Å². The second kappa shape index (κ2) is 7.25. The predicted octanol–water partition coefficient (Wildman–Crippen LogP) is 3.85. The zero-order valence-corrected chi connectivity index (χ0v) is 12.5. The first kappa shape index (κ1) is 15.5. The Labute approximate surface area is 132 Å². The van der Waals surface area contributed by atoms with Crippen molar-refractivity contribution in [2.45, 2.75) is 12.8 Å². The lowest BCUT2D eigenvalue weighted by Gasteiger charge is -2.04. The molecule has 0 saturated carbocycles. The summed E-state index contributed by atoms with van der Waals surface area (Å²) < 4.78 is 4.77. The van der Waals surface area contributed by atoms with Crippen LogP contribution in [-0.4, -0.2) is 11.9 Å². The first-order valence-electron chi connectivity index (χ1n) is 6.25. The van der Waals surface area contributed by atoms with Crippen LogP contribution in [0.1, 0.15) is 11.1 Å². The largest absolute Gasteiger partial charge is 0.393 e. The van der Waals surface area contributed by atoms with Crippen LogP contribution in [0.3, 0.4) is 0 Å². The Morgan fingerprint density at radius 1 is 0.714 bits per heavy atom. The highest BCUT2D eigenvalue weighted by Gasteiger charge is 2.12. The lowest BCUT2D eigenvalue weighted by atomic mass is 10.1. The minimum absolute atomic E-state index is 0.0313. The van der Waals surface area contributed by atoms with Gasteiger partial charge in [-0.2, -0.15) is 0 Å². The SMILES string of the molecule is O=C(Cc1ccc(Cl)cc1)OC(=O)Cc1ccc(Cl)cc1. The van der Waals surface area contributed by atoms with Gasteiger partial charge in [-0.15, -0.1) is 0 Å². The van der Waals surface area contributed by atoms with Gasteiger partial charge in [-0.3, -0.25) is 9.59 Å². The molecule has 0 heterocycles. The second-order valence-corrected chi connectivity index (χ2v) is 5.33. The minimum Gasteiger partial charge on any atom is -0.393 e. The molecule has 0 atom stereocenters. The van der Waals surface area contributed by atoms with Crippen molar-refractivity contribution in [2.75, 3.05) is 0 Å². The molecule has 0 aliphatic heterocycles. The molecule has 0 amide bonds. The van der Waals surface area contributed by atoms with E-state index >= 15 is 0 Å². The van der Waals surface area contributed by atoms with Crippen molar-refractivity contribution in [1.29, 1.82) is 0 Å². The summed E-state index contributed by atoms with van der Waals surface area (Å²) in [6.45, 7) is 0. The van der Waals surface area contributed by atoms with Crippen LogP contribution >= 0.6 is 23.2 Å². The summed E-state index contributed by atoms with van der Waals surface area (Å²) in [6.07, 6.45) is 0.0626. The maximum atomic E-state index is 11.7. The lowest BCUT2D eigenvalue weighted by Crippen LogP contribution is -2.16. The fourth-order valence-electron chi connectivity index (χ4n) is 1.74. The van der Waals surface area contributed by atoms with E-state index in [1.165, 1.54) is 0 Å². The average molecular weight is 323 g/mol. The summed E-state index contributed by atoms with van der Waals surface area (Å²) >= 11 is 11.5. The van der Waals surface area contributed by atoms with Crippen molar-refractivity contribution >= 4 is 35.1 Å². The molecule has 3 nitrogen and oxygen atoms in total. The predicted molar refractivity (Wildman–Crippen MR) is 81.4 cm³/mol. The molecule has 0 spiro atoms. The van der Waals surface area contributed by atoms with Crippen molar-refractivity contribution in [2.24, 2.45) is 0 Å². The fourth-order valence-corrected chi connectivity index (χ4v) is 1.99. The van der Waals surface area contributed by atoms with E-state index in [2.05, 4.69) is 0 Å². The Hall–Kier alpha value is -1.84. The quantitative estimate of drug-likeness (QED) is 0.634. The first-order chi connectivity index (χ1) is 10.0. The minimum atomic E-state index is -0.587. The van der Waals surface area contributed by atoms with Crippen LogP contribution in [0.15, 0.2) is 48.5 Å². The fraction of sp³-hybridized carbons (Fsp3) is 0.125. The van der Waals surface area contributed by atoms with Crippen molar-refractivity contribution in [3.05, 3.63) is 69.7 Å². The standard InChI is InChI=1S/C16H12Cl2O3/c17-13-5-1-11(2-6-13)9-15(19)21-16(20)10-12-3-7-14(18)8-4-12/h1-8H,9-10H2. The number of benzene rings is 2. The molecule has 2 aromatic carbocycles. The molecular formula is C16H12Cl2O3. The topological polar surface area (TPSA) is 43.4 Å². The van der Waals surface area contributed by atoms with Crippen molar-refractivity contribution in [1.82, 2.24) is 0 Å². The van der Waals surface area contributed by atoms with Gasteiger partial charge in [0.1, 0.15) is 0 Å². The number of esters is 2. The van der Waals surface area contributed by atoms with E-state index in [1.807, 2.05) is 0 Å². The number of ether oxygens (including phenoxy) is 1. The molecule has 108 valence electrons. The van der Waals surface area contributed by atoms with E-state index in [-0.39, 0.29) is 12.8 Å². The molecule has 0 bridgehead atoms. The average Bonchev–Trinajstić information content (AvgIpc) is 2.44. The Kier molecular flexibility index (Phi) is 5.37. The molecule has 0 fully saturated rings. The van der Waals surface area contributed by atoms with E-state index in [4.69, 9.17) is 27.9 Å². The maximum Gasteiger partial charge on any atom is 0.317 e. The third-order valence-electron chi connectivity index (χ3n) is 2.75. The van der Waals surface area contributed by atoms with Crippen molar-refractivity contribution < 1.29 is 14.3 Å². The van der Waals surface area contributed by atoms with E-state index in [1.54, 1.807) is 48.5 Å². The molecule has 0 N–H and O–H groups in total. The van der Waals surface area contributed by atoms with Crippen LogP contribution < -0.4 is 0 Å². The van der Waals surface area contributed by atoms with E-state index < -0.39 is 11.9 Å². The van der Waals surface area contributed by atoms with Crippen LogP contribution in [0.4, 0.5) is 0 Å². The van der Waals surface area contributed by atoms with Gasteiger partial charge in [0.05, 0.1) is 12.8 Å². The summed E-state index contributed by atoms with van der Waals surface area (Å²) in [5, 5.41) is 1.18. The Balaban J connectivity index is 1.85. The van der Waals surface area contributed by atoms with Gasteiger partial charge in [0.15, 0.2) is 0 Å². The summed E-state index contributed by atoms with van der Waals surface area (Å²) in [6, 6.07) is 13.6. The van der Waals surface area contributed by atoms with Gasteiger partial charge in [0.25, 0.3) is 0 Å². The summed E-state index contributed by atoms with van der Waals surface area (Å²) in [4.78, 5) is 23.3. The normalized spacial score (nSPS) is 10.2. The van der Waals surface area contributed by atoms with Gasteiger partial charge in [-0.25, -0.2) is 0 Å². The highest BCUT2D eigenvalue weighted by molar-refractivity contribution is 6.30. The molecule has 0 radical (unpaired) electrons. The van der Waals surface area contributed by atoms with Crippen LogP contribution in [-0.2, 0) is 27.2 Å². The van der Waals surface area contributed by atoms with Gasteiger partial charge in [-0.1, -0.05) is 47.5 Å². The second-order valence-electron chi connectivity index (χ2n) is 4.45. The van der Waals surface area contributed by atoms with Gasteiger partial charge >= 0.3 is 11.9 Å². The molecular weight excluding hydrogens is 311 g/mol. The number of carbonyl (C=O) groups excluding carboxylic acids is 2. The highest BCUT2D eigenvalue weighted by atomic mass is 35.5. The van der Waals surface area contributed by atoms with Crippen LogP contribution in [0, 0.1) is 0 Å². The monoisotopic (exact) mass is 322 g/mol. The first-order valence-corrected chi connectivity index (χ1v) is 7.01. The number of carbonyl (C=O) groups is 2.